The van der Waals surface area contributed by atoms with E-state index in [4.69, 9.17) is 4.43 Å². The van der Waals surface area contributed by atoms with E-state index in [0.717, 1.165) is 19.3 Å². The van der Waals surface area contributed by atoms with Crippen molar-refractivity contribution < 1.29 is 9.22 Å². The van der Waals surface area contributed by atoms with Gasteiger partial charge >= 0.3 is 5.97 Å². The molecule has 0 aromatic rings. The number of rotatable bonds is 7. The van der Waals surface area contributed by atoms with Gasteiger partial charge in [0.25, 0.3) is 8.32 Å². The molecule has 0 rings (SSSR count). The fraction of sp³-hybridized carbons (Fsp3) is 0.944. The Morgan fingerprint density at radius 1 is 1.00 bits per heavy atom. The van der Waals surface area contributed by atoms with Gasteiger partial charge in [-0.25, -0.2) is 0 Å². The smallest absolute Gasteiger partial charge is 0.309 e. The van der Waals surface area contributed by atoms with E-state index >= 15 is 0 Å². The highest BCUT2D eigenvalue weighted by Crippen LogP contribution is 2.38. The molecule has 0 spiro atoms. The number of nitrogens with one attached hydrogen (secondary N) is 1. The number of carbonyl (C=O) groups is 1. The van der Waals surface area contributed by atoms with Crippen LogP contribution in [-0.2, 0) is 9.22 Å². The molecule has 138 valence electrons. The largest absolute Gasteiger partial charge is 0.518 e. The van der Waals surface area contributed by atoms with Crippen LogP contribution in [0.4, 0.5) is 0 Å². The van der Waals surface area contributed by atoms with Gasteiger partial charge in [0.15, 0.2) is 0 Å². The van der Waals surface area contributed by atoms with E-state index in [-0.39, 0.29) is 22.1 Å². The van der Waals surface area contributed by atoms with Crippen LogP contribution in [0.5, 0.6) is 0 Å². The molecule has 1 N–H and O–H groups in total. The second kappa shape index (κ2) is 7.83. The lowest BCUT2D eigenvalue weighted by Gasteiger charge is -2.41. The zero-order valence-corrected chi connectivity index (χ0v) is 19.5. The standard InChI is InChI=1S/C18H41NO2Si2/c1-12-13-14-15(19-22(8,9)17(2,3)4)16(20)21-23(10,11)18(5,6)7/h15,19H,12-14H2,1-11H3/t15-/m0/s1. The fourth-order valence-corrected chi connectivity index (χ4v) is 4.30. The minimum Gasteiger partial charge on any atom is -0.518 e. The normalized spacial score (nSPS) is 15.4. The van der Waals surface area contributed by atoms with Crippen LogP contribution in [0.2, 0.25) is 36.3 Å². The van der Waals surface area contributed by atoms with Crippen LogP contribution in [-0.4, -0.2) is 28.6 Å². The van der Waals surface area contributed by atoms with Crippen LogP contribution >= 0.6 is 0 Å². The number of hydrogen-bond donors (Lipinski definition) is 1. The van der Waals surface area contributed by atoms with Gasteiger partial charge in [0, 0.05) is 0 Å². The van der Waals surface area contributed by atoms with Crippen molar-refractivity contribution in [1.82, 2.24) is 4.98 Å². The molecule has 0 fully saturated rings. The van der Waals surface area contributed by atoms with Crippen LogP contribution in [0.3, 0.4) is 0 Å². The molecular formula is C18H41NO2Si2. The van der Waals surface area contributed by atoms with Gasteiger partial charge in [-0.15, -0.1) is 0 Å². The van der Waals surface area contributed by atoms with Gasteiger partial charge in [-0.2, -0.15) is 0 Å². The van der Waals surface area contributed by atoms with Gasteiger partial charge in [0.05, 0.1) is 6.04 Å². The maximum absolute atomic E-state index is 12.9. The SMILES string of the molecule is CCCC[C@H](N[Si](C)(C)C(C)(C)C)C(=O)O[Si](C)(C)C(C)(C)C. The Morgan fingerprint density at radius 2 is 1.48 bits per heavy atom. The lowest BCUT2D eigenvalue weighted by atomic mass is 10.1. The van der Waals surface area contributed by atoms with Crippen LogP contribution in [0.1, 0.15) is 67.7 Å². The van der Waals surface area contributed by atoms with E-state index < -0.39 is 16.6 Å². The van der Waals surface area contributed by atoms with Crippen molar-refractivity contribution in [1.29, 1.82) is 0 Å². The minimum atomic E-state index is -2.07. The van der Waals surface area contributed by atoms with Gasteiger partial charge in [-0.05, 0) is 29.6 Å². The third kappa shape index (κ3) is 6.71. The summed E-state index contributed by atoms with van der Waals surface area (Å²) >= 11 is 0. The van der Waals surface area contributed by atoms with Gasteiger partial charge < -0.3 is 9.41 Å². The first kappa shape index (κ1) is 22.9. The van der Waals surface area contributed by atoms with Crippen LogP contribution in [0.25, 0.3) is 0 Å². The molecule has 3 nitrogen and oxygen atoms in total. The average Bonchev–Trinajstić information content (AvgIpc) is 2.30. The van der Waals surface area contributed by atoms with Gasteiger partial charge in [-0.3, -0.25) is 4.79 Å². The van der Waals surface area contributed by atoms with E-state index in [9.17, 15) is 4.79 Å². The van der Waals surface area contributed by atoms with E-state index in [1.165, 1.54) is 0 Å². The third-order valence-corrected chi connectivity index (χ3v) is 14.8. The molecule has 0 aliphatic carbocycles. The summed E-state index contributed by atoms with van der Waals surface area (Å²) < 4.78 is 6.08. The maximum Gasteiger partial charge on any atom is 0.309 e. The van der Waals surface area contributed by atoms with Crippen LogP contribution in [0.15, 0.2) is 0 Å². The topological polar surface area (TPSA) is 38.3 Å². The Kier molecular flexibility index (Phi) is 7.78. The summed E-state index contributed by atoms with van der Waals surface area (Å²) in [5.41, 5.74) is 0. The predicted molar refractivity (Wildman–Crippen MR) is 107 cm³/mol. The van der Waals surface area contributed by atoms with Crippen molar-refractivity contribution in [3.63, 3.8) is 0 Å². The second-order valence-corrected chi connectivity index (χ2v) is 19.7. The maximum atomic E-state index is 12.9. The zero-order valence-electron chi connectivity index (χ0n) is 17.5. The second-order valence-electron chi connectivity index (χ2n) is 9.90. The van der Waals surface area contributed by atoms with Crippen molar-refractivity contribution in [2.45, 2.75) is 110 Å². The third-order valence-electron chi connectivity index (χ3n) is 5.70. The summed E-state index contributed by atoms with van der Waals surface area (Å²) in [6.45, 7) is 24.4. The first-order valence-corrected chi connectivity index (χ1v) is 15.0. The van der Waals surface area contributed by atoms with E-state index in [0.29, 0.717) is 0 Å². The Labute approximate surface area is 147 Å². The highest BCUT2D eigenvalue weighted by atomic mass is 28.4. The molecule has 0 amide bonds. The molecule has 0 radical (unpaired) electrons. The quantitative estimate of drug-likeness (QED) is 0.593. The molecule has 23 heavy (non-hydrogen) atoms. The molecule has 0 saturated carbocycles. The first-order chi connectivity index (χ1) is 10.0. The van der Waals surface area contributed by atoms with E-state index in [1.807, 2.05) is 0 Å². The number of carbonyl (C=O) groups excluding carboxylic acids is 1. The molecule has 0 aliphatic rings. The summed E-state index contributed by atoms with van der Waals surface area (Å²) in [5, 5.41) is 0.254. The van der Waals surface area contributed by atoms with Crippen LogP contribution < -0.4 is 4.98 Å². The van der Waals surface area contributed by atoms with Crippen molar-refractivity contribution in [2.24, 2.45) is 0 Å². The lowest BCUT2D eigenvalue weighted by Crippen LogP contribution is -2.59. The predicted octanol–water partition coefficient (Wildman–Crippen LogP) is 5.69. The molecule has 0 aliphatic heterocycles. The summed E-state index contributed by atoms with van der Waals surface area (Å²) in [5.74, 6) is -0.0325. The summed E-state index contributed by atoms with van der Waals surface area (Å²) in [7, 11) is -3.80. The molecule has 0 aromatic carbocycles. The van der Waals surface area contributed by atoms with Gasteiger partial charge in [0.2, 0.25) is 0 Å². The summed E-state index contributed by atoms with van der Waals surface area (Å²) in [6.07, 6.45) is 3.03. The Hall–Kier alpha value is -0.136. The van der Waals surface area contributed by atoms with Crippen molar-refractivity contribution in [3.8, 4) is 0 Å². The monoisotopic (exact) mass is 359 g/mol. The van der Waals surface area contributed by atoms with Gasteiger partial charge in [0.1, 0.15) is 8.24 Å². The Bertz CT molecular complexity index is 393. The molecule has 0 aromatic heterocycles. The van der Waals surface area contributed by atoms with Gasteiger partial charge in [-0.1, -0.05) is 74.4 Å². The summed E-state index contributed by atoms with van der Waals surface area (Å²) in [4.78, 5) is 16.6. The molecule has 0 unspecified atom stereocenters. The molecular weight excluding hydrogens is 318 g/mol. The molecule has 0 bridgehead atoms. The lowest BCUT2D eigenvalue weighted by molar-refractivity contribution is -0.137. The van der Waals surface area contributed by atoms with E-state index in [2.05, 4.69) is 79.6 Å². The van der Waals surface area contributed by atoms with Crippen molar-refractivity contribution in [3.05, 3.63) is 0 Å². The molecule has 1 atom stereocenters. The zero-order chi connectivity index (χ0) is 18.7. The highest BCUT2D eigenvalue weighted by molar-refractivity contribution is 6.78. The average molecular weight is 360 g/mol. The van der Waals surface area contributed by atoms with Crippen molar-refractivity contribution in [2.75, 3.05) is 0 Å². The van der Waals surface area contributed by atoms with Crippen LogP contribution in [0, 0.1) is 0 Å². The Morgan fingerprint density at radius 3 is 1.83 bits per heavy atom. The minimum absolute atomic E-state index is 0.0325. The first-order valence-electron chi connectivity index (χ1n) is 9.06. The number of unbranched alkanes of at least 4 members (excludes halogenated alkanes) is 1. The van der Waals surface area contributed by atoms with Crippen molar-refractivity contribution >= 4 is 22.5 Å². The highest BCUT2D eigenvalue weighted by Gasteiger charge is 2.43. The molecule has 5 heteroatoms. The molecule has 0 saturated heterocycles. The fourth-order valence-electron chi connectivity index (χ4n) is 1.78. The molecule has 0 heterocycles. The Balaban J connectivity index is 5.22. The van der Waals surface area contributed by atoms with E-state index in [1.54, 1.807) is 0 Å². The summed E-state index contributed by atoms with van der Waals surface area (Å²) in [6, 6.07) is -0.162. The number of hydrogen-bond acceptors (Lipinski definition) is 3.